The molecule has 3 heteroatoms. The summed E-state index contributed by atoms with van der Waals surface area (Å²) in [5.41, 5.74) is 6.54. The molecule has 0 spiro atoms. The van der Waals surface area contributed by atoms with E-state index < -0.39 is 0 Å². The van der Waals surface area contributed by atoms with Gasteiger partial charge in [-0.05, 0) is 52.9 Å². The van der Waals surface area contributed by atoms with Gasteiger partial charge in [-0.15, -0.1) is 0 Å². The summed E-state index contributed by atoms with van der Waals surface area (Å²) in [4.78, 5) is 17.7. The second kappa shape index (κ2) is 6.28. The number of pyridine rings is 1. The number of carbonyl (C=O) groups is 1. The first-order chi connectivity index (χ1) is 14.3. The minimum absolute atomic E-state index is 0.120. The molecular weight excluding hydrogens is 356 g/mol. The first kappa shape index (κ1) is 16.5. The summed E-state index contributed by atoms with van der Waals surface area (Å²) in [6.07, 6.45) is 4.30. The molecule has 1 aromatic heterocycles. The van der Waals surface area contributed by atoms with Crippen molar-refractivity contribution in [3.63, 3.8) is 0 Å². The number of nitrogens with zero attached hydrogens (tertiary/aromatic N) is 1. The molecule has 1 aliphatic carbocycles. The van der Waals surface area contributed by atoms with E-state index in [0.29, 0.717) is 6.42 Å². The number of rotatable bonds is 1. The second-order valence-corrected chi connectivity index (χ2v) is 7.87. The molecule has 3 aromatic carbocycles. The molecule has 6 rings (SSSR count). The third-order valence-electron chi connectivity index (χ3n) is 6.27. The van der Waals surface area contributed by atoms with Crippen LogP contribution in [0.4, 0.5) is 5.69 Å². The van der Waals surface area contributed by atoms with Gasteiger partial charge in [-0.25, -0.2) is 0 Å². The molecule has 0 saturated heterocycles. The van der Waals surface area contributed by atoms with Gasteiger partial charge in [0.2, 0.25) is 0 Å². The van der Waals surface area contributed by atoms with Crippen molar-refractivity contribution in [2.24, 2.45) is 0 Å². The van der Waals surface area contributed by atoms with E-state index >= 15 is 0 Å². The van der Waals surface area contributed by atoms with Gasteiger partial charge in [0.05, 0.1) is 11.6 Å². The van der Waals surface area contributed by atoms with Gasteiger partial charge in [0, 0.05) is 34.8 Å². The summed E-state index contributed by atoms with van der Waals surface area (Å²) < 4.78 is 0. The van der Waals surface area contributed by atoms with Crippen LogP contribution in [0.25, 0.3) is 27.2 Å². The van der Waals surface area contributed by atoms with Crippen molar-refractivity contribution in [2.75, 3.05) is 5.32 Å². The number of hydrogen-bond donors (Lipinski definition) is 1. The highest BCUT2D eigenvalue weighted by molar-refractivity contribution is 6.12. The lowest BCUT2D eigenvalue weighted by Crippen LogP contribution is -2.27. The maximum Gasteiger partial charge on any atom is 0.161 e. The van der Waals surface area contributed by atoms with E-state index in [4.69, 9.17) is 0 Å². The standard InChI is InChI=1S/C26H20N2O/c29-23-12-4-10-20-24-19-11-5-15-27-21(19)13-14-22(24)28-26(25(20)23)18-9-3-7-16-6-1-2-8-17(16)18/h1-3,5-9,11,13-15,26,28H,4,10,12H2/t26-/m0/s1. The molecule has 0 bridgehead atoms. The smallest absolute Gasteiger partial charge is 0.161 e. The van der Waals surface area contributed by atoms with Gasteiger partial charge in [0.1, 0.15) is 0 Å². The predicted octanol–water partition coefficient (Wildman–Crippen LogP) is 6.06. The zero-order chi connectivity index (χ0) is 19.4. The molecule has 0 fully saturated rings. The molecule has 1 aliphatic heterocycles. The Hall–Kier alpha value is -3.46. The lowest BCUT2D eigenvalue weighted by atomic mass is 9.76. The van der Waals surface area contributed by atoms with E-state index in [2.05, 4.69) is 71.0 Å². The Labute approximate surface area is 169 Å². The van der Waals surface area contributed by atoms with Crippen LogP contribution in [0.15, 0.2) is 78.5 Å². The molecule has 0 radical (unpaired) electrons. The quantitative estimate of drug-likeness (QED) is 0.439. The first-order valence-corrected chi connectivity index (χ1v) is 10.2. The minimum atomic E-state index is -0.120. The van der Waals surface area contributed by atoms with Gasteiger partial charge >= 0.3 is 0 Å². The monoisotopic (exact) mass is 376 g/mol. The van der Waals surface area contributed by atoms with Crippen LogP contribution in [0.5, 0.6) is 0 Å². The van der Waals surface area contributed by atoms with Gasteiger partial charge in [0.15, 0.2) is 5.78 Å². The number of aromatic nitrogens is 1. The van der Waals surface area contributed by atoms with Crippen molar-refractivity contribution in [1.29, 1.82) is 0 Å². The molecule has 0 unspecified atom stereocenters. The van der Waals surface area contributed by atoms with Crippen LogP contribution in [0.2, 0.25) is 0 Å². The number of ketones is 1. The summed E-state index contributed by atoms with van der Waals surface area (Å²) in [7, 11) is 0. The van der Waals surface area contributed by atoms with Crippen molar-refractivity contribution < 1.29 is 4.79 Å². The van der Waals surface area contributed by atoms with Crippen LogP contribution in [0, 0.1) is 0 Å². The topological polar surface area (TPSA) is 42.0 Å². The van der Waals surface area contributed by atoms with E-state index in [-0.39, 0.29) is 11.8 Å². The summed E-state index contributed by atoms with van der Waals surface area (Å²) in [5.74, 6) is 0.267. The van der Waals surface area contributed by atoms with Gasteiger partial charge in [-0.1, -0.05) is 48.5 Å². The number of benzene rings is 3. The summed E-state index contributed by atoms with van der Waals surface area (Å²) in [6, 6.07) is 22.9. The zero-order valence-electron chi connectivity index (χ0n) is 16.0. The zero-order valence-corrected chi connectivity index (χ0v) is 16.0. The van der Waals surface area contributed by atoms with E-state index in [1.54, 1.807) is 0 Å². The third-order valence-corrected chi connectivity index (χ3v) is 6.27. The molecular formula is C26H20N2O. The lowest BCUT2D eigenvalue weighted by Gasteiger charge is -2.35. The minimum Gasteiger partial charge on any atom is -0.373 e. The fraction of sp³-hybridized carbons (Fsp3) is 0.154. The van der Waals surface area contributed by atoms with Crippen molar-refractivity contribution in [1.82, 2.24) is 4.98 Å². The Bertz CT molecular complexity index is 1330. The summed E-state index contributed by atoms with van der Waals surface area (Å²) in [6.45, 7) is 0. The molecule has 140 valence electrons. The first-order valence-electron chi connectivity index (χ1n) is 10.2. The number of fused-ring (bicyclic) bond motifs is 5. The summed E-state index contributed by atoms with van der Waals surface area (Å²) >= 11 is 0. The van der Waals surface area contributed by atoms with Crippen LogP contribution < -0.4 is 5.32 Å². The Morgan fingerprint density at radius 1 is 0.862 bits per heavy atom. The molecule has 1 atom stereocenters. The van der Waals surface area contributed by atoms with Crippen LogP contribution in [-0.4, -0.2) is 10.8 Å². The average Bonchev–Trinajstić information content (AvgIpc) is 2.78. The van der Waals surface area contributed by atoms with Crippen molar-refractivity contribution in [3.8, 4) is 0 Å². The molecule has 4 aromatic rings. The fourth-order valence-electron chi connectivity index (χ4n) is 5.02. The molecule has 0 saturated carbocycles. The Balaban J connectivity index is 1.66. The maximum absolute atomic E-state index is 13.2. The number of Topliss-reactive ketones (excluding diaryl/α,β-unsaturated/α-hetero) is 1. The molecule has 2 aliphatic rings. The van der Waals surface area contributed by atoms with E-state index in [1.165, 1.54) is 21.9 Å². The second-order valence-electron chi connectivity index (χ2n) is 7.87. The third kappa shape index (κ3) is 2.44. The Kier molecular flexibility index (Phi) is 3.57. The number of nitrogens with one attached hydrogen (secondary N) is 1. The highest BCUT2D eigenvalue weighted by atomic mass is 16.1. The molecule has 1 N–H and O–H groups in total. The molecule has 29 heavy (non-hydrogen) atoms. The highest BCUT2D eigenvalue weighted by Gasteiger charge is 2.35. The predicted molar refractivity (Wildman–Crippen MR) is 118 cm³/mol. The normalized spacial score (nSPS) is 18.5. The van der Waals surface area contributed by atoms with E-state index in [9.17, 15) is 4.79 Å². The fourth-order valence-corrected chi connectivity index (χ4v) is 5.02. The van der Waals surface area contributed by atoms with Crippen LogP contribution in [-0.2, 0) is 4.79 Å². The average molecular weight is 376 g/mol. The van der Waals surface area contributed by atoms with Gasteiger partial charge in [-0.2, -0.15) is 0 Å². The van der Waals surface area contributed by atoms with Gasteiger partial charge in [0.25, 0.3) is 0 Å². The molecule has 3 nitrogen and oxygen atoms in total. The number of carbonyl (C=O) groups excluding carboxylic acids is 1. The van der Waals surface area contributed by atoms with Crippen LogP contribution >= 0.6 is 0 Å². The number of allylic oxidation sites excluding steroid dienone is 1. The molecule has 2 heterocycles. The number of anilines is 1. The van der Waals surface area contributed by atoms with Gasteiger partial charge < -0.3 is 5.32 Å². The van der Waals surface area contributed by atoms with Crippen LogP contribution in [0.3, 0.4) is 0 Å². The Morgan fingerprint density at radius 2 is 1.72 bits per heavy atom. The van der Waals surface area contributed by atoms with Crippen molar-refractivity contribution in [2.45, 2.75) is 25.3 Å². The van der Waals surface area contributed by atoms with Crippen molar-refractivity contribution >= 4 is 38.7 Å². The van der Waals surface area contributed by atoms with Crippen LogP contribution in [0.1, 0.15) is 36.4 Å². The van der Waals surface area contributed by atoms with E-state index in [0.717, 1.165) is 40.6 Å². The van der Waals surface area contributed by atoms with Crippen molar-refractivity contribution in [3.05, 3.63) is 89.6 Å². The lowest BCUT2D eigenvalue weighted by molar-refractivity contribution is -0.116. The Morgan fingerprint density at radius 3 is 2.69 bits per heavy atom. The summed E-state index contributed by atoms with van der Waals surface area (Å²) in [5, 5.41) is 7.24. The van der Waals surface area contributed by atoms with Gasteiger partial charge in [-0.3, -0.25) is 9.78 Å². The van der Waals surface area contributed by atoms with E-state index in [1.807, 2.05) is 12.3 Å². The maximum atomic E-state index is 13.2. The number of hydrogen-bond acceptors (Lipinski definition) is 3. The highest BCUT2D eigenvalue weighted by Crippen LogP contribution is 2.48. The molecule has 0 amide bonds. The largest absolute Gasteiger partial charge is 0.373 e. The SMILES string of the molecule is O=C1CCCC2=C1[C@H](c1cccc3ccccc13)Nc1ccc3ncccc3c12.